The van der Waals surface area contributed by atoms with E-state index in [2.05, 4.69) is 0 Å². The summed E-state index contributed by atoms with van der Waals surface area (Å²) in [6.45, 7) is 0. The van der Waals surface area contributed by atoms with Crippen molar-refractivity contribution >= 4 is 15.6 Å². The molecule has 118 valence electrons. The lowest BCUT2D eigenvalue weighted by Crippen LogP contribution is -2.51. The van der Waals surface area contributed by atoms with Crippen LogP contribution in [0.1, 0.15) is 38.5 Å². The minimum Gasteiger partial charge on any atom is -0.298 e. The Hall–Kier alpha value is -1.16. The summed E-state index contributed by atoms with van der Waals surface area (Å²) in [4.78, 5) is 13.2. The summed E-state index contributed by atoms with van der Waals surface area (Å²) < 4.78 is 25.0. The molecule has 0 spiro atoms. The molecule has 0 N–H and O–H groups in total. The maximum atomic E-state index is 12.9. The fraction of sp³-hybridized carbons (Fsp3) is 0.611. The van der Waals surface area contributed by atoms with Gasteiger partial charge in [0.2, 0.25) is 0 Å². The molecule has 1 aromatic carbocycles. The maximum Gasteiger partial charge on any atom is 0.185 e. The molecule has 4 heteroatoms. The van der Waals surface area contributed by atoms with Gasteiger partial charge in [-0.1, -0.05) is 18.2 Å². The molecule has 22 heavy (non-hydrogen) atoms. The highest BCUT2D eigenvalue weighted by atomic mass is 32.2. The number of Topliss-reactive ketones (excluding diaryl/α,β-unsaturated/α-hetero) is 1. The van der Waals surface area contributed by atoms with Gasteiger partial charge >= 0.3 is 0 Å². The zero-order chi connectivity index (χ0) is 15.4. The molecule has 4 aliphatic rings. The molecule has 4 saturated carbocycles. The first-order valence-electron chi connectivity index (χ1n) is 8.28. The van der Waals surface area contributed by atoms with Gasteiger partial charge in [-0.2, -0.15) is 0 Å². The van der Waals surface area contributed by atoms with Crippen molar-refractivity contribution in [1.29, 1.82) is 0 Å². The van der Waals surface area contributed by atoms with Crippen molar-refractivity contribution in [2.45, 2.75) is 43.4 Å². The Bertz CT molecular complexity index is 655. The van der Waals surface area contributed by atoms with E-state index in [0.29, 0.717) is 17.8 Å². The van der Waals surface area contributed by atoms with Gasteiger partial charge in [-0.25, -0.2) is 8.42 Å². The van der Waals surface area contributed by atoms with Crippen molar-refractivity contribution in [3.05, 3.63) is 30.3 Å². The molecule has 0 radical (unpaired) electrons. The highest BCUT2D eigenvalue weighted by molar-refractivity contribution is 7.92. The Kier molecular flexibility index (Phi) is 3.23. The maximum absolute atomic E-state index is 12.9. The second-order valence-electron chi connectivity index (χ2n) is 7.69. The normalized spacial score (nSPS) is 36.5. The third-order valence-electron chi connectivity index (χ3n) is 6.05. The second kappa shape index (κ2) is 4.92. The number of sulfone groups is 1. The monoisotopic (exact) mass is 318 g/mol. The predicted molar refractivity (Wildman–Crippen MR) is 84.1 cm³/mol. The van der Waals surface area contributed by atoms with Crippen LogP contribution < -0.4 is 0 Å². The van der Waals surface area contributed by atoms with E-state index < -0.39 is 9.84 Å². The van der Waals surface area contributed by atoms with Gasteiger partial charge in [0.15, 0.2) is 15.6 Å². The molecule has 4 aliphatic carbocycles. The van der Waals surface area contributed by atoms with E-state index in [0.717, 1.165) is 19.3 Å². The third-order valence-corrected chi connectivity index (χ3v) is 7.69. The summed E-state index contributed by atoms with van der Waals surface area (Å²) in [6, 6.07) is 8.38. The summed E-state index contributed by atoms with van der Waals surface area (Å²) in [5, 5.41) is 0. The van der Waals surface area contributed by atoms with Gasteiger partial charge in [0.25, 0.3) is 0 Å². The number of ketones is 1. The van der Waals surface area contributed by atoms with Crippen molar-refractivity contribution in [2.24, 2.45) is 23.2 Å². The lowest BCUT2D eigenvalue weighted by molar-refractivity contribution is -0.141. The number of carbonyl (C=O) groups is 1. The van der Waals surface area contributed by atoms with E-state index in [1.54, 1.807) is 30.3 Å². The number of hydrogen-bond acceptors (Lipinski definition) is 3. The molecule has 5 rings (SSSR count). The van der Waals surface area contributed by atoms with Gasteiger partial charge in [-0.15, -0.1) is 0 Å². The summed E-state index contributed by atoms with van der Waals surface area (Å²) >= 11 is 0. The molecule has 0 saturated heterocycles. The van der Waals surface area contributed by atoms with Gasteiger partial charge in [0.05, 0.1) is 4.90 Å². The first kappa shape index (κ1) is 14.4. The molecule has 0 unspecified atom stereocenters. The van der Waals surface area contributed by atoms with Crippen LogP contribution in [-0.2, 0) is 14.6 Å². The minimum absolute atomic E-state index is 0.0181. The van der Waals surface area contributed by atoms with E-state index in [-0.39, 0.29) is 21.8 Å². The fourth-order valence-electron chi connectivity index (χ4n) is 5.49. The molecule has 0 heterocycles. The molecule has 0 aromatic heterocycles. The largest absolute Gasteiger partial charge is 0.298 e. The molecule has 0 atom stereocenters. The Morgan fingerprint density at radius 2 is 1.45 bits per heavy atom. The molecule has 4 bridgehead atoms. The van der Waals surface area contributed by atoms with Crippen molar-refractivity contribution in [2.75, 3.05) is 5.75 Å². The van der Waals surface area contributed by atoms with Gasteiger partial charge in [-0.3, -0.25) is 4.79 Å². The second-order valence-corrected chi connectivity index (χ2v) is 9.68. The molecule has 0 aliphatic heterocycles. The van der Waals surface area contributed by atoms with Crippen LogP contribution in [0.4, 0.5) is 0 Å². The number of carbonyl (C=O) groups excluding carboxylic acids is 1. The number of rotatable bonds is 4. The standard InChI is InChI=1S/C18H22O3S/c19-17(12-22(20,21)16-4-2-1-3-5-16)18-9-13-6-14(10-18)8-15(7-13)11-18/h1-5,13-15H,6-12H2. The average Bonchev–Trinajstić information content (AvgIpc) is 2.46. The SMILES string of the molecule is O=C(CS(=O)(=O)c1ccccc1)C12CC3CC(CC(C3)C1)C2. The lowest BCUT2D eigenvalue weighted by atomic mass is 9.48. The number of hydrogen-bond donors (Lipinski definition) is 0. The molecule has 3 nitrogen and oxygen atoms in total. The van der Waals surface area contributed by atoms with Gasteiger partial charge < -0.3 is 0 Å². The van der Waals surface area contributed by atoms with Crippen LogP contribution in [-0.4, -0.2) is 20.0 Å². The van der Waals surface area contributed by atoms with E-state index in [4.69, 9.17) is 0 Å². The van der Waals surface area contributed by atoms with Crippen molar-refractivity contribution < 1.29 is 13.2 Å². The van der Waals surface area contributed by atoms with Gasteiger partial charge in [-0.05, 0) is 68.4 Å². The summed E-state index contributed by atoms with van der Waals surface area (Å²) in [7, 11) is -3.50. The van der Waals surface area contributed by atoms with Gasteiger partial charge in [0.1, 0.15) is 5.75 Å². The van der Waals surface area contributed by atoms with Crippen LogP contribution in [0.3, 0.4) is 0 Å². The van der Waals surface area contributed by atoms with E-state index in [1.807, 2.05) is 0 Å². The molecule has 1 aromatic rings. The average molecular weight is 318 g/mol. The van der Waals surface area contributed by atoms with E-state index >= 15 is 0 Å². The zero-order valence-electron chi connectivity index (χ0n) is 12.7. The molecule has 0 amide bonds. The van der Waals surface area contributed by atoms with Crippen LogP contribution >= 0.6 is 0 Å². The highest BCUT2D eigenvalue weighted by Gasteiger charge is 2.54. The molecular weight excluding hydrogens is 296 g/mol. The zero-order valence-corrected chi connectivity index (χ0v) is 13.5. The van der Waals surface area contributed by atoms with Crippen LogP contribution in [0, 0.1) is 23.2 Å². The Morgan fingerprint density at radius 1 is 0.955 bits per heavy atom. The Labute approximate surface area is 132 Å². The molecule has 4 fully saturated rings. The topological polar surface area (TPSA) is 51.2 Å². The highest BCUT2D eigenvalue weighted by Crippen LogP contribution is 2.60. The Morgan fingerprint density at radius 3 is 1.95 bits per heavy atom. The van der Waals surface area contributed by atoms with Crippen LogP contribution in [0.15, 0.2) is 35.2 Å². The summed E-state index contributed by atoms with van der Waals surface area (Å²) in [6.07, 6.45) is 6.58. The quantitative estimate of drug-likeness (QED) is 0.856. The van der Waals surface area contributed by atoms with Crippen molar-refractivity contribution in [3.63, 3.8) is 0 Å². The first-order chi connectivity index (χ1) is 10.5. The summed E-state index contributed by atoms with van der Waals surface area (Å²) in [5.41, 5.74) is -0.323. The first-order valence-corrected chi connectivity index (χ1v) is 9.93. The van der Waals surface area contributed by atoms with Crippen LogP contribution in [0.25, 0.3) is 0 Å². The van der Waals surface area contributed by atoms with Crippen molar-refractivity contribution in [1.82, 2.24) is 0 Å². The summed E-state index contributed by atoms with van der Waals surface area (Å²) in [5.74, 6) is 1.65. The minimum atomic E-state index is -3.50. The van der Waals surface area contributed by atoms with Crippen LogP contribution in [0.2, 0.25) is 0 Å². The van der Waals surface area contributed by atoms with Crippen LogP contribution in [0.5, 0.6) is 0 Å². The smallest absolute Gasteiger partial charge is 0.185 e. The van der Waals surface area contributed by atoms with Gasteiger partial charge in [0, 0.05) is 5.41 Å². The lowest BCUT2D eigenvalue weighted by Gasteiger charge is -2.55. The molecular formula is C18H22O3S. The fourth-order valence-corrected chi connectivity index (χ4v) is 6.88. The Balaban J connectivity index is 1.58. The van der Waals surface area contributed by atoms with Crippen molar-refractivity contribution in [3.8, 4) is 0 Å². The third kappa shape index (κ3) is 2.32. The van der Waals surface area contributed by atoms with E-state index in [1.165, 1.54) is 19.3 Å². The predicted octanol–water partition coefficient (Wildman–Crippen LogP) is 3.25. The number of benzene rings is 1. The van der Waals surface area contributed by atoms with E-state index in [9.17, 15) is 13.2 Å².